The van der Waals surface area contributed by atoms with E-state index < -0.39 is 5.41 Å². The number of halogens is 2. The second-order valence-corrected chi connectivity index (χ2v) is 21.8. The van der Waals surface area contributed by atoms with Gasteiger partial charge in [0.1, 0.15) is 22.8 Å². The zero-order chi connectivity index (χ0) is 51.8. The predicted octanol–water partition coefficient (Wildman–Crippen LogP) is 20.0. The van der Waals surface area contributed by atoms with Gasteiger partial charge in [0.05, 0.1) is 28.2 Å². The van der Waals surface area contributed by atoms with Gasteiger partial charge in [-0.3, -0.25) is 0 Å². The molecule has 370 valence electrons. The zero-order valence-electron chi connectivity index (χ0n) is 43.3. The van der Waals surface area contributed by atoms with Crippen LogP contribution in [0.3, 0.4) is 0 Å². The average Bonchev–Trinajstić information content (AvgIpc) is 4.20. The smallest absolute Gasteiger partial charge is 0.159 e. The van der Waals surface area contributed by atoms with Crippen molar-refractivity contribution in [1.29, 1.82) is 0 Å². The maximum absolute atomic E-state index is 16.8. The maximum atomic E-state index is 16.8. The number of anilines is 6. The Morgan fingerprint density at radius 3 is 1.12 bits per heavy atom. The molecule has 0 atom stereocenters. The number of fused-ring (bicyclic) bond motifs is 15. The summed E-state index contributed by atoms with van der Waals surface area (Å²) in [5, 5.41) is 3.97. The molecule has 14 rings (SSSR count). The van der Waals surface area contributed by atoms with Gasteiger partial charge >= 0.3 is 0 Å². The van der Waals surface area contributed by atoms with Crippen LogP contribution in [0.1, 0.15) is 97.9 Å². The van der Waals surface area contributed by atoms with Crippen molar-refractivity contribution >= 4 is 78.0 Å². The first kappa shape index (κ1) is 45.8. The molecule has 1 spiro atoms. The number of para-hydroxylation sites is 6. The lowest BCUT2D eigenvalue weighted by Gasteiger charge is -2.47. The minimum atomic E-state index is -0.893. The van der Waals surface area contributed by atoms with Gasteiger partial charge in [-0.1, -0.05) is 187 Å². The normalized spacial score (nSPS) is 14.0. The minimum absolute atomic E-state index is 0.229. The standard InChI is InChI=1S/C70H54F2N2O2/c1-41(2)45-19-15-21-49-51-23-17-33-63(67(51)75-65(45)49)73(61-31-13-11-29-59(61)71)43-35-37-47-48-38-36-44(40-58(48)70(57(47)39-43)55-27-9-7-25-53(55)69(5,6)54-26-8-10-28-56(54)70)74(62-32-14-12-30-60(62)72)64-34-18-24-52-50-22-16-20-46(42(3)4)66(50)76-68(52)64/h7-42H,1-6H3. The molecule has 2 aliphatic rings. The molecule has 0 saturated carbocycles. The largest absolute Gasteiger partial charge is 0.454 e. The Morgan fingerprint density at radius 2 is 0.711 bits per heavy atom. The summed E-state index contributed by atoms with van der Waals surface area (Å²) < 4.78 is 47.6. The predicted molar refractivity (Wildman–Crippen MR) is 308 cm³/mol. The summed E-state index contributed by atoms with van der Waals surface area (Å²) in [6, 6.07) is 69.9. The Morgan fingerprint density at radius 1 is 0.355 bits per heavy atom. The van der Waals surface area contributed by atoms with Crippen LogP contribution in [0.25, 0.3) is 55.0 Å². The van der Waals surface area contributed by atoms with Crippen LogP contribution in [0, 0.1) is 11.6 Å². The lowest BCUT2D eigenvalue weighted by atomic mass is 9.55. The van der Waals surface area contributed by atoms with Gasteiger partial charge in [-0.05, 0) is 128 Å². The van der Waals surface area contributed by atoms with Gasteiger partial charge in [0, 0.05) is 38.3 Å². The number of rotatable bonds is 8. The van der Waals surface area contributed by atoms with E-state index in [4.69, 9.17) is 8.83 Å². The van der Waals surface area contributed by atoms with E-state index in [1.54, 1.807) is 12.1 Å². The number of benzene rings is 10. The van der Waals surface area contributed by atoms with Crippen molar-refractivity contribution in [1.82, 2.24) is 0 Å². The van der Waals surface area contributed by atoms with Crippen LogP contribution in [0.4, 0.5) is 42.9 Å². The van der Waals surface area contributed by atoms with Crippen molar-refractivity contribution in [3.63, 3.8) is 0 Å². The van der Waals surface area contributed by atoms with Crippen LogP contribution in [0.2, 0.25) is 0 Å². The van der Waals surface area contributed by atoms with Crippen LogP contribution in [0.5, 0.6) is 0 Å². The van der Waals surface area contributed by atoms with E-state index in [0.717, 1.165) is 100.0 Å². The quantitative estimate of drug-likeness (QED) is 0.152. The van der Waals surface area contributed by atoms with Gasteiger partial charge in [-0.2, -0.15) is 0 Å². The average molecular weight is 993 g/mol. The number of hydrogen-bond acceptors (Lipinski definition) is 4. The summed E-state index contributed by atoms with van der Waals surface area (Å²) in [6.07, 6.45) is 0. The minimum Gasteiger partial charge on any atom is -0.454 e. The van der Waals surface area contributed by atoms with Crippen molar-refractivity contribution in [3.8, 4) is 11.1 Å². The van der Waals surface area contributed by atoms with Crippen LogP contribution < -0.4 is 9.80 Å². The van der Waals surface area contributed by atoms with Crippen molar-refractivity contribution in [2.24, 2.45) is 0 Å². The third kappa shape index (κ3) is 6.40. The third-order valence-corrected chi connectivity index (χ3v) is 16.6. The molecule has 2 heterocycles. The van der Waals surface area contributed by atoms with E-state index in [1.165, 1.54) is 23.3 Å². The van der Waals surface area contributed by atoms with Gasteiger partial charge in [-0.25, -0.2) is 8.78 Å². The maximum Gasteiger partial charge on any atom is 0.159 e. The second kappa shape index (κ2) is 16.9. The first-order valence-electron chi connectivity index (χ1n) is 26.4. The monoisotopic (exact) mass is 992 g/mol. The van der Waals surface area contributed by atoms with E-state index >= 15 is 8.78 Å². The number of hydrogen-bond donors (Lipinski definition) is 0. The summed E-state index contributed by atoms with van der Waals surface area (Å²) in [6.45, 7) is 13.4. The van der Waals surface area contributed by atoms with Gasteiger partial charge in [0.15, 0.2) is 11.2 Å². The molecule has 0 unspecified atom stereocenters. The molecule has 0 radical (unpaired) electrons. The van der Waals surface area contributed by atoms with E-state index in [-0.39, 0.29) is 28.9 Å². The fraction of sp³-hybridized carbons (Fsp3) is 0.143. The van der Waals surface area contributed by atoms with Crippen LogP contribution in [-0.2, 0) is 10.8 Å². The van der Waals surface area contributed by atoms with E-state index in [2.05, 4.69) is 175 Å². The Balaban J connectivity index is 1.06. The molecule has 0 fully saturated rings. The highest BCUT2D eigenvalue weighted by atomic mass is 19.1. The summed E-state index contributed by atoms with van der Waals surface area (Å²) in [7, 11) is 0. The van der Waals surface area contributed by atoms with Gasteiger partial charge in [0.2, 0.25) is 0 Å². The fourth-order valence-electron chi connectivity index (χ4n) is 13.2. The lowest BCUT2D eigenvalue weighted by Crippen LogP contribution is -2.40. The molecule has 0 N–H and O–H groups in total. The first-order chi connectivity index (χ1) is 37.0. The Hall–Kier alpha value is -8.74. The topological polar surface area (TPSA) is 32.8 Å². The zero-order valence-corrected chi connectivity index (χ0v) is 43.3. The molecule has 0 aliphatic heterocycles. The second-order valence-electron chi connectivity index (χ2n) is 21.8. The summed E-state index contributed by atoms with van der Waals surface area (Å²) in [4.78, 5) is 4.06. The van der Waals surface area contributed by atoms with E-state index in [1.807, 2.05) is 58.3 Å². The summed E-state index contributed by atoms with van der Waals surface area (Å²) in [5.41, 5.74) is 16.8. The SMILES string of the molecule is CC(C)c1cccc2c1oc1c(N(c3ccc4c(c3)C3(c5cc(N(c6ccccc6F)c6cccc7c6oc6c(C(C)C)cccc67)ccc5-4)c4ccccc4C(C)(C)c4ccccc43)c3ccccc3F)cccc12. The molecule has 6 heteroatoms. The lowest BCUT2D eigenvalue weighted by molar-refractivity contribution is 0.563. The van der Waals surface area contributed by atoms with Crippen molar-refractivity contribution in [3.05, 3.63) is 262 Å². The highest BCUT2D eigenvalue weighted by Crippen LogP contribution is 2.64. The summed E-state index contributed by atoms with van der Waals surface area (Å²) >= 11 is 0. The molecular formula is C70H54F2N2O2. The Bertz CT molecular complexity index is 4070. The van der Waals surface area contributed by atoms with Gasteiger partial charge in [-0.15, -0.1) is 0 Å². The van der Waals surface area contributed by atoms with Gasteiger partial charge < -0.3 is 18.6 Å². The summed E-state index contributed by atoms with van der Waals surface area (Å²) in [5.74, 6) is -0.255. The van der Waals surface area contributed by atoms with Crippen molar-refractivity contribution in [2.75, 3.05) is 9.80 Å². The van der Waals surface area contributed by atoms with Crippen LogP contribution >= 0.6 is 0 Å². The number of furan rings is 2. The molecule has 0 amide bonds. The fourth-order valence-corrected chi connectivity index (χ4v) is 13.2. The molecule has 4 nitrogen and oxygen atoms in total. The molecule has 76 heavy (non-hydrogen) atoms. The third-order valence-electron chi connectivity index (χ3n) is 16.6. The van der Waals surface area contributed by atoms with Crippen molar-refractivity contribution < 1.29 is 17.6 Å². The highest BCUT2D eigenvalue weighted by molar-refractivity contribution is 6.12. The molecule has 0 saturated heterocycles. The molecule has 12 aromatic rings. The van der Waals surface area contributed by atoms with E-state index in [9.17, 15) is 0 Å². The molecule has 10 aromatic carbocycles. The first-order valence-corrected chi connectivity index (χ1v) is 26.4. The van der Waals surface area contributed by atoms with Crippen LogP contribution in [-0.4, -0.2) is 0 Å². The number of nitrogens with zero attached hydrogens (tertiary/aromatic N) is 2. The highest BCUT2D eigenvalue weighted by Gasteiger charge is 2.54. The Kier molecular flexibility index (Phi) is 10.2. The molecule has 2 aromatic heterocycles. The van der Waals surface area contributed by atoms with Crippen molar-refractivity contribution in [2.45, 2.75) is 64.2 Å². The molecule has 2 aliphatic carbocycles. The van der Waals surface area contributed by atoms with E-state index in [0.29, 0.717) is 22.5 Å². The van der Waals surface area contributed by atoms with Gasteiger partial charge in [0.25, 0.3) is 0 Å². The molecule has 0 bridgehead atoms. The van der Waals surface area contributed by atoms with Crippen LogP contribution in [0.15, 0.2) is 215 Å². The molecular weight excluding hydrogens is 939 g/mol. The Labute approximate surface area is 441 Å².